The predicted octanol–water partition coefficient (Wildman–Crippen LogP) is 1.98. The largest absolute Gasteiger partial charge is 0.368 e. The molecule has 0 bridgehead atoms. The lowest BCUT2D eigenvalue weighted by atomic mass is 10.3. The molecule has 0 aromatic carbocycles. The van der Waals surface area contributed by atoms with Gasteiger partial charge < -0.3 is 16.0 Å². The Morgan fingerprint density at radius 1 is 1.30 bits per heavy atom. The van der Waals surface area contributed by atoms with Crippen LogP contribution in [-0.4, -0.2) is 35.5 Å². The fourth-order valence-electron chi connectivity index (χ4n) is 1.83. The molecular weight excluding hydrogens is 274 g/mol. The zero-order valence-electron chi connectivity index (χ0n) is 11.9. The molecule has 0 unspecified atom stereocenters. The highest BCUT2D eigenvalue weighted by Gasteiger charge is 2.09. The van der Waals surface area contributed by atoms with E-state index in [0.717, 1.165) is 22.6 Å². The monoisotopic (exact) mass is 293 g/mol. The lowest BCUT2D eigenvalue weighted by molar-refractivity contribution is -0.118. The summed E-state index contributed by atoms with van der Waals surface area (Å²) in [6.45, 7) is 7.56. The van der Waals surface area contributed by atoms with Gasteiger partial charge >= 0.3 is 0 Å². The first-order valence-corrected chi connectivity index (χ1v) is 7.42. The van der Waals surface area contributed by atoms with Crippen LogP contribution in [0.5, 0.6) is 0 Å². The van der Waals surface area contributed by atoms with Crippen LogP contribution < -0.4 is 16.0 Å². The first-order valence-electron chi connectivity index (χ1n) is 6.60. The van der Waals surface area contributed by atoms with Gasteiger partial charge in [-0.3, -0.25) is 4.79 Å². The zero-order chi connectivity index (χ0) is 14.5. The number of carbonyl (C=O) groups is 1. The lowest BCUT2D eigenvalue weighted by Crippen LogP contribution is -2.26. The molecule has 2 rings (SSSR count). The van der Waals surface area contributed by atoms with E-state index >= 15 is 0 Å². The molecule has 0 saturated carbocycles. The summed E-state index contributed by atoms with van der Waals surface area (Å²) in [6.07, 6.45) is 0. The normalized spacial score (nSPS) is 10.6. The number of fused-ring (bicyclic) bond motifs is 1. The van der Waals surface area contributed by atoms with Crippen molar-refractivity contribution in [3.8, 4) is 0 Å². The molecule has 2 aromatic heterocycles. The molecule has 0 saturated heterocycles. The molecule has 2 heterocycles. The van der Waals surface area contributed by atoms with Crippen LogP contribution in [0.4, 0.5) is 11.8 Å². The van der Waals surface area contributed by atoms with Crippen LogP contribution in [0.15, 0.2) is 6.07 Å². The molecule has 20 heavy (non-hydrogen) atoms. The summed E-state index contributed by atoms with van der Waals surface area (Å²) >= 11 is 1.65. The highest BCUT2D eigenvalue weighted by atomic mass is 32.1. The van der Waals surface area contributed by atoms with Crippen molar-refractivity contribution in [1.82, 2.24) is 15.3 Å². The van der Waals surface area contributed by atoms with Gasteiger partial charge in [0.2, 0.25) is 11.9 Å². The zero-order valence-corrected chi connectivity index (χ0v) is 12.7. The molecule has 0 aliphatic heterocycles. The van der Waals surface area contributed by atoms with Crippen molar-refractivity contribution in [2.24, 2.45) is 0 Å². The lowest BCUT2D eigenvalue weighted by Gasteiger charge is -2.09. The standard InChI is InChI=1S/C13H19N5OS/c1-4-14-13-17-11(16-6-5-15-9(3)19)10-7-8(2)20-12(10)18-13/h7H,4-6H2,1-3H3,(H,15,19)(H2,14,16,17,18). The number of rotatable bonds is 6. The second-order valence-electron chi connectivity index (χ2n) is 4.41. The summed E-state index contributed by atoms with van der Waals surface area (Å²) in [5.74, 6) is 1.41. The van der Waals surface area contributed by atoms with E-state index in [4.69, 9.17) is 0 Å². The van der Waals surface area contributed by atoms with Crippen molar-refractivity contribution in [3.63, 3.8) is 0 Å². The van der Waals surface area contributed by atoms with Gasteiger partial charge in [0.15, 0.2) is 0 Å². The van der Waals surface area contributed by atoms with Gasteiger partial charge in [-0.1, -0.05) is 0 Å². The highest BCUT2D eigenvalue weighted by Crippen LogP contribution is 2.29. The van der Waals surface area contributed by atoms with E-state index in [-0.39, 0.29) is 5.91 Å². The number of thiophene rings is 1. The van der Waals surface area contributed by atoms with Crippen LogP contribution in [0, 0.1) is 6.92 Å². The average molecular weight is 293 g/mol. The van der Waals surface area contributed by atoms with E-state index < -0.39 is 0 Å². The van der Waals surface area contributed by atoms with Crippen LogP contribution >= 0.6 is 11.3 Å². The third-order valence-corrected chi connectivity index (χ3v) is 3.59. The Hall–Kier alpha value is -1.89. The van der Waals surface area contributed by atoms with Gasteiger partial charge in [0.1, 0.15) is 10.6 Å². The second kappa shape index (κ2) is 6.51. The number of carbonyl (C=O) groups excluding carboxylic acids is 1. The van der Waals surface area contributed by atoms with Crippen LogP contribution in [-0.2, 0) is 4.79 Å². The van der Waals surface area contributed by atoms with Crippen LogP contribution in [0.1, 0.15) is 18.7 Å². The Bertz CT molecular complexity index is 610. The van der Waals surface area contributed by atoms with Gasteiger partial charge in [0.25, 0.3) is 0 Å². The van der Waals surface area contributed by atoms with Crippen molar-refractivity contribution in [2.45, 2.75) is 20.8 Å². The Morgan fingerprint density at radius 3 is 2.80 bits per heavy atom. The van der Waals surface area contributed by atoms with Crippen LogP contribution in [0.25, 0.3) is 10.2 Å². The summed E-state index contributed by atoms with van der Waals surface area (Å²) in [5.41, 5.74) is 0. The minimum absolute atomic E-state index is 0.0284. The average Bonchev–Trinajstić information content (AvgIpc) is 2.75. The van der Waals surface area contributed by atoms with E-state index in [1.165, 1.54) is 11.8 Å². The van der Waals surface area contributed by atoms with Gasteiger partial charge in [-0.2, -0.15) is 4.98 Å². The Kier molecular flexibility index (Phi) is 4.73. The third-order valence-electron chi connectivity index (χ3n) is 2.64. The summed E-state index contributed by atoms with van der Waals surface area (Å²) in [4.78, 5) is 22.0. The minimum atomic E-state index is -0.0284. The molecule has 2 aromatic rings. The Labute approximate surface area is 122 Å². The first kappa shape index (κ1) is 14.5. The number of nitrogens with zero attached hydrogens (tertiary/aromatic N) is 2. The van der Waals surface area contributed by atoms with Crippen molar-refractivity contribution in [2.75, 3.05) is 30.3 Å². The third kappa shape index (κ3) is 3.57. The number of nitrogens with one attached hydrogen (secondary N) is 3. The van der Waals surface area contributed by atoms with Gasteiger partial charge in [0, 0.05) is 31.4 Å². The van der Waals surface area contributed by atoms with E-state index in [0.29, 0.717) is 19.0 Å². The molecule has 0 aliphatic rings. The van der Waals surface area contributed by atoms with Crippen LogP contribution in [0.3, 0.4) is 0 Å². The van der Waals surface area contributed by atoms with Gasteiger partial charge in [-0.05, 0) is 19.9 Å². The first-order chi connectivity index (χ1) is 9.60. The smallest absolute Gasteiger partial charge is 0.226 e. The van der Waals surface area contributed by atoms with E-state index in [1.807, 2.05) is 6.92 Å². The predicted molar refractivity (Wildman–Crippen MR) is 83.5 cm³/mol. The highest BCUT2D eigenvalue weighted by molar-refractivity contribution is 7.18. The maximum atomic E-state index is 10.8. The topological polar surface area (TPSA) is 78.9 Å². The second-order valence-corrected chi connectivity index (χ2v) is 5.65. The fourth-order valence-corrected chi connectivity index (χ4v) is 2.71. The number of anilines is 2. The summed E-state index contributed by atoms with van der Waals surface area (Å²) in [5, 5.41) is 10.2. The number of hydrogen-bond donors (Lipinski definition) is 3. The molecule has 0 radical (unpaired) electrons. The van der Waals surface area contributed by atoms with Crippen molar-refractivity contribution in [3.05, 3.63) is 10.9 Å². The van der Waals surface area contributed by atoms with Crippen molar-refractivity contribution >= 4 is 39.2 Å². The summed E-state index contributed by atoms with van der Waals surface area (Å²) in [7, 11) is 0. The number of amides is 1. The number of aromatic nitrogens is 2. The van der Waals surface area contributed by atoms with E-state index in [2.05, 4.69) is 38.9 Å². The van der Waals surface area contributed by atoms with Crippen LogP contribution in [0.2, 0.25) is 0 Å². The molecule has 7 heteroatoms. The molecule has 0 fully saturated rings. The molecular formula is C13H19N5OS. The molecule has 0 spiro atoms. The Balaban J connectivity index is 2.18. The fraction of sp³-hybridized carbons (Fsp3) is 0.462. The molecule has 0 aliphatic carbocycles. The summed E-state index contributed by atoms with van der Waals surface area (Å²) < 4.78 is 0. The molecule has 3 N–H and O–H groups in total. The molecule has 1 amide bonds. The number of aryl methyl sites for hydroxylation is 1. The van der Waals surface area contributed by atoms with Gasteiger partial charge in [0.05, 0.1) is 5.39 Å². The molecule has 108 valence electrons. The van der Waals surface area contributed by atoms with E-state index in [1.54, 1.807) is 11.3 Å². The maximum Gasteiger partial charge on any atom is 0.226 e. The van der Waals surface area contributed by atoms with Crippen molar-refractivity contribution in [1.29, 1.82) is 0 Å². The number of hydrogen-bond acceptors (Lipinski definition) is 6. The van der Waals surface area contributed by atoms with Gasteiger partial charge in [-0.15, -0.1) is 11.3 Å². The van der Waals surface area contributed by atoms with E-state index in [9.17, 15) is 4.79 Å². The molecule has 0 atom stereocenters. The molecule has 6 nitrogen and oxygen atoms in total. The Morgan fingerprint density at radius 2 is 2.10 bits per heavy atom. The SMILES string of the molecule is CCNc1nc(NCCNC(C)=O)c2cc(C)sc2n1. The van der Waals surface area contributed by atoms with Crippen molar-refractivity contribution < 1.29 is 4.79 Å². The van der Waals surface area contributed by atoms with Gasteiger partial charge in [-0.25, -0.2) is 4.98 Å². The summed E-state index contributed by atoms with van der Waals surface area (Å²) in [6, 6.07) is 2.08. The maximum absolute atomic E-state index is 10.8. The quantitative estimate of drug-likeness (QED) is 0.710. The minimum Gasteiger partial charge on any atom is -0.368 e.